The Labute approximate surface area is 199 Å². The first-order chi connectivity index (χ1) is 15.9. The first-order valence-electron chi connectivity index (χ1n) is 11.2. The molecule has 0 aliphatic heterocycles. The Morgan fingerprint density at radius 1 is 1.06 bits per heavy atom. The molecular weight excluding hydrogens is 434 g/mol. The zero-order valence-electron chi connectivity index (χ0n) is 19.1. The van der Waals surface area contributed by atoms with E-state index in [1.807, 2.05) is 69.3 Å². The summed E-state index contributed by atoms with van der Waals surface area (Å²) in [4.78, 5) is 17.3. The highest BCUT2D eigenvalue weighted by atomic mass is 35.5. The van der Waals surface area contributed by atoms with Gasteiger partial charge in [-0.05, 0) is 74.7 Å². The van der Waals surface area contributed by atoms with E-state index in [1.54, 1.807) is 0 Å². The molecule has 0 fully saturated rings. The summed E-state index contributed by atoms with van der Waals surface area (Å²) in [5.41, 5.74) is 5.79. The van der Waals surface area contributed by atoms with E-state index in [1.165, 1.54) is 0 Å². The van der Waals surface area contributed by atoms with Gasteiger partial charge in [-0.3, -0.25) is 4.79 Å². The molecule has 0 aliphatic rings. The first-order valence-corrected chi connectivity index (χ1v) is 11.6. The van der Waals surface area contributed by atoms with Crippen molar-refractivity contribution in [2.75, 3.05) is 6.61 Å². The van der Waals surface area contributed by atoms with Crippen molar-refractivity contribution in [2.45, 2.75) is 39.7 Å². The molecular formula is C27H28ClN3O2. The normalized spacial score (nSPS) is 11.2. The zero-order chi connectivity index (χ0) is 23.4. The third-order valence-corrected chi connectivity index (χ3v) is 5.60. The molecule has 0 bridgehead atoms. The topological polar surface area (TPSA) is 55.6 Å². The Bertz CT molecular complexity index is 1260. The first kappa shape index (κ1) is 22.9. The fourth-order valence-electron chi connectivity index (χ4n) is 3.90. The van der Waals surface area contributed by atoms with Crippen LogP contribution in [0.25, 0.3) is 28.0 Å². The molecule has 5 nitrogen and oxygen atoms in total. The number of ether oxygens (including phenoxy) is 1. The van der Waals surface area contributed by atoms with Crippen molar-refractivity contribution in [3.63, 3.8) is 0 Å². The number of aromatic nitrogens is 2. The lowest BCUT2D eigenvalue weighted by Crippen LogP contribution is -2.30. The van der Waals surface area contributed by atoms with Crippen LogP contribution < -0.4 is 10.1 Å². The predicted octanol–water partition coefficient (Wildman–Crippen LogP) is 6.18. The second kappa shape index (κ2) is 10.1. The number of carbonyl (C=O) groups is 1. The summed E-state index contributed by atoms with van der Waals surface area (Å²) in [6, 6.07) is 19.9. The molecule has 0 unspecified atom stereocenters. The van der Waals surface area contributed by atoms with Gasteiger partial charge in [0, 0.05) is 29.2 Å². The lowest BCUT2D eigenvalue weighted by Gasteiger charge is -2.10. The predicted molar refractivity (Wildman–Crippen MR) is 134 cm³/mol. The molecule has 1 amide bonds. The molecule has 33 heavy (non-hydrogen) atoms. The SMILES string of the molecule is CCOc1cccc(-c2ccc3nc(-c4ccc(Cl)cc4)c(CCC(=O)NC(C)C)n3c2)c1. The molecule has 1 N–H and O–H groups in total. The molecule has 2 heterocycles. The van der Waals surface area contributed by atoms with Crippen molar-refractivity contribution in [1.29, 1.82) is 0 Å². The Kier molecular flexibility index (Phi) is 6.99. The summed E-state index contributed by atoms with van der Waals surface area (Å²) in [5.74, 6) is 0.871. The van der Waals surface area contributed by atoms with E-state index < -0.39 is 0 Å². The molecule has 0 aliphatic carbocycles. The van der Waals surface area contributed by atoms with Gasteiger partial charge in [0.2, 0.25) is 5.91 Å². The molecule has 0 saturated carbocycles. The number of rotatable bonds is 8. The number of imidazole rings is 1. The lowest BCUT2D eigenvalue weighted by molar-refractivity contribution is -0.121. The van der Waals surface area contributed by atoms with Gasteiger partial charge in [0.1, 0.15) is 11.4 Å². The molecule has 0 atom stereocenters. The van der Waals surface area contributed by atoms with Crippen LogP contribution in [0.15, 0.2) is 66.9 Å². The second-order valence-electron chi connectivity index (χ2n) is 8.24. The average molecular weight is 462 g/mol. The van der Waals surface area contributed by atoms with E-state index in [0.717, 1.165) is 39.5 Å². The minimum Gasteiger partial charge on any atom is -0.494 e. The molecule has 0 radical (unpaired) electrons. The number of nitrogens with zero attached hydrogens (tertiary/aromatic N) is 2. The van der Waals surface area contributed by atoms with E-state index in [-0.39, 0.29) is 11.9 Å². The van der Waals surface area contributed by atoms with Crippen molar-refractivity contribution in [2.24, 2.45) is 0 Å². The standard InChI is InChI=1S/C27H28ClN3O2/c1-4-33-23-7-5-6-20(16-23)21-10-14-25-30-27(19-8-11-22(28)12-9-19)24(31(25)17-21)13-15-26(32)29-18(2)3/h5-12,14,16-18H,4,13,15H2,1-3H3,(H,29,32). The highest BCUT2D eigenvalue weighted by molar-refractivity contribution is 6.30. The molecule has 4 aromatic rings. The van der Waals surface area contributed by atoms with E-state index in [2.05, 4.69) is 28.0 Å². The molecule has 6 heteroatoms. The second-order valence-corrected chi connectivity index (χ2v) is 8.68. The van der Waals surface area contributed by atoms with Crippen LogP contribution in [0.2, 0.25) is 5.02 Å². The van der Waals surface area contributed by atoms with E-state index in [0.29, 0.717) is 24.5 Å². The zero-order valence-corrected chi connectivity index (χ0v) is 19.9. The number of carbonyl (C=O) groups excluding carboxylic acids is 1. The van der Waals surface area contributed by atoms with Crippen LogP contribution in [-0.2, 0) is 11.2 Å². The summed E-state index contributed by atoms with van der Waals surface area (Å²) in [7, 11) is 0. The number of hydrogen-bond donors (Lipinski definition) is 1. The quantitative estimate of drug-likeness (QED) is 0.341. The number of amides is 1. The Morgan fingerprint density at radius 3 is 2.55 bits per heavy atom. The van der Waals surface area contributed by atoms with Crippen molar-refractivity contribution in [1.82, 2.24) is 14.7 Å². The van der Waals surface area contributed by atoms with Gasteiger partial charge >= 0.3 is 0 Å². The van der Waals surface area contributed by atoms with Gasteiger partial charge in [0.15, 0.2) is 0 Å². The number of benzene rings is 2. The van der Waals surface area contributed by atoms with Crippen molar-refractivity contribution in [3.05, 3.63) is 77.6 Å². The van der Waals surface area contributed by atoms with Gasteiger partial charge in [-0.2, -0.15) is 0 Å². The fraction of sp³-hybridized carbons (Fsp3) is 0.259. The smallest absolute Gasteiger partial charge is 0.220 e. The number of fused-ring (bicyclic) bond motifs is 1. The van der Waals surface area contributed by atoms with Crippen LogP contribution in [0.4, 0.5) is 0 Å². The lowest BCUT2D eigenvalue weighted by atomic mass is 10.1. The monoisotopic (exact) mass is 461 g/mol. The highest BCUT2D eigenvalue weighted by Gasteiger charge is 2.16. The van der Waals surface area contributed by atoms with Crippen LogP contribution in [0, 0.1) is 0 Å². The maximum atomic E-state index is 12.4. The van der Waals surface area contributed by atoms with Crippen LogP contribution in [0.3, 0.4) is 0 Å². The van der Waals surface area contributed by atoms with Crippen LogP contribution >= 0.6 is 11.6 Å². The Morgan fingerprint density at radius 2 is 1.82 bits per heavy atom. The third-order valence-electron chi connectivity index (χ3n) is 5.35. The van der Waals surface area contributed by atoms with Gasteiger partial charge in [-0.25, -0.2) is 4.98 Å². The molecule has 2 aromatic heterocycles. The van der Waals surface area contributed by atoms with Gasteiger partial charge < -0.3 is 14.5 Å². The molecule has 170 valence electrons. The van der Waals surface area contributed by atoms with Crippen molar-refractivity contribution in [3.8, 4) is 28.1 Å². The molecule has 0 spiro atoms. The summed E-state index contributed by atoms with van der Waals surface area (Å²) in [5, 5.41) is 3.65. The van der Waals surface area contributed by atoms with Crippen molar-refractivity contribution >= 4 is 23.2 Å². The van der Waals surface area contributed by atoms with E-state index >= 15 is 0 Å². The van der Waals surface area contributed by atoms with Crippen molar-refractivity contribution < 1.29 is 9.53 Å². The van der Waals surface area contributed by atoms with Crippen LogP contribution in [0.5, 0.6) is 5.75 Å². The highest BCUT2D eigenvalue weighted by Crippen LogP contribution is 2.30. The van der Waals surface area contributed by atoms with Gasteiger partial charge in [0.05, 0.1) is 18.0 Å². The number of aryl methyl sites for hydroxylation is 1. The number of hydrogen-bond acceptors (Lipinski definition) is 3. The fourth-order valence-corrected chi connectivity index (χ4v) is 4.03. The number of halogens is 1. The summed E-state index contributed by atoms with van der Waals surface area (Å²) in [6.07, 6.45) is 3.04. The Hall–Kier alpha value is -3.31. The summed E-state index contributed by atoms with van der Waals surface area (Å²) in [6.45, 7) is 6.53. The molecule has 2 aromatic carbocycles. The summed E-state index contributed by atoms with van der Waals surface area (Å²) < 4.78 is 7.77. The number of pyridine rings is 1. The Balaban J connectivity index is 1.77. The molecule has 4 rings (SSSR count). The third kappa shape index (κ3) is 5.37. The van der Waals surface area contributed by atoms with Crippen LogP contribution in [0.1, 0.15) is 32.9 Å². The minimum atomic E-state index is 0.0302. The van der Waals surface area contributed by atoms with Gasteiger partial charge in [-0.15, -0.1) is 0 Å². The molecule has 0 saturated heterocycles. The van der Waals surface area contributed by atoms with Gasteiger partial charge in [-0.1, -0.05) is 35.9 Å². The van der Waals surface area contributed by atoms with Crippen LogP contribution in [-0.4, -0.2) is 27.9 Å². The average Bonchev–Trinajstić information content (AvgIpc) is 3.16. The maximum Gasteiger partial charge on any atom is 0.220 e. The largest absolute Gasteiger partial charge is 0.494 e. The van der Waals surface area contributed by atoms with Gasteiger partial charge in [0.25, 0.3) is 0 Å². The number of nitrogens with one attached hydrogen (secondary N) is 1. The summed E-state index contributed by atoms with van der Waals surface area (Å²) >= 11 is 6.10. The minimum absolute atomic E-state index is 0.0302. The van der Waals surface area contributed by atoms with E-state index in [4.69, 9.17) is 21.3 Å². The van der Waals surface area contributed by atoms with E-state index in [9.17, 15) is 4.79 Å². The maximum absolute atomic E-state index is 12.4.